The number of benzene rings is 2. The van der Waals surface area contributed by atoms with E-state index in [4.69, 9.17) is 0 Å². The largest absolute Gasteiger partial charge is 0.301 e. The Hall–Kier alpha value is -1.96. The van der Waals surface area contributed by atoms with E-state index in [1.54, 1.807) is 0 Å². The Labute approximate surface area is 111 Å². The molecule has 2 aromatic rings. The number of hydrogen-bond acceptors (Lipinski definition) is 2. The highest BCUT2D eigenvalue weighted by atomic mass is 15.4. The van der Waals surface area contributed by atoms with Crippen molar-refractivity contribution in [1.82, 2.24) is 0 Å². The van der Waals surface area contributed by atoms with Gasteiger partial charge in [0.1, 0.15) is 0 Å². The summed E-state index contributed by atoms with van der Waals surface area (Å²) in [7, 11) is 0. The second kappa shape index (κ2) is 11.5. The molecule has 2 nitrogen and oxygen atoms in total. The van der Waals surface area contributed by atoms with E-state index in [1.807, 2.05) is 88.4 Å². The summed E-state index contributed by atoms with van der Waals surface area (Å²) in [6, 6.07) is 20.0. The van der Waals surface area contributed by atoms with Crippen LogP contribution in [0.3, 0.4) is 0 Å². The second-order valence-electron chi connectivity index (χ2n) is 2.98. The molecule has 2 rings (SSSR count). The highest BCUT2D eigenvalue weighted by molar-refractivity contribution is 5.51. The summed E-state index contributed by atoms with van der Waals surface area (Å²) < 4.78 is 0. The summed E-state index contributed by atoms with van der Waals surface area (Å²) in [5.74, 6) is 0. The molecular formula is C16H24N2. The summed E-state index contributed by atoms with van der Waals surface area (Å²) in [6.45, 7) is 8.00. The summed E-state index contributed by atoms with van der Waals surface area (Å²) in [5.41, 5.74) is 8.33. The first-order valence-electron chi connectivity index (χ1n) is 6.57. The maximum absolute atomic E-state index is 3.11. The number of anilines is 2. The van der Waals surface area contributed by atoms with Crippen molar-refractivity contribution in [1.29, 1.82) is 0 Å². The maximum atomic E-state index is 3.11. The van der Waals surface area contributed by atoms with Gasteiger partial charge >= 0.3 is 0 Å². The third-order valence-electron chi connectivity index (χ3n) is 1.90. The molecule has 0 aromatic heterocycles. The van der Waals surface area contributed by atoms with Crippen LogP contribution in [0.25, 0.3) is 0 Å². The predicted molar refractivity (Wildman–Crippen MR) is 82.8 cm³/mol. The van der Waals surface area contributed by atoms with Crippen molar-refractivity contribution in [2.75, 3.05) is 10.9 Å². The second-order valence-corrected chi connectivity index (χ2v) is 2.98. The standard InChI is InChI=1S/C12H12N2.2C2H6/c1-3-7-11(8-4-1)13-14-12-9-5-2-6-10-12;2*1-2/h1-10,13-14H;2*1-2H3. The molecule has 2 N–H and O–H groups in total. The van der Waals surface area contributed by atoms with Crippen molar-refractivity contribution in [3.05, 3.63) is 60.7 Å². The minimum absolute atomic E-state index is 1.05. The van der Waals surface area contributed by atoms with Gasteiger partial charge in [-0.1, -0.05) is 64.1 Å². The number of hydrazine groups is 1. The first-order chi connectivity index (χ1) is 8.95. The number of nitrogens with one attached hydrogen (secondary N) is 2. The number of hydrogen-bond donors (Lipinski definition) is 2. The van der Waals surface area contributed by atoms with E-state index >= 15 is 0 Å². The molecule has 0 radical (unpaired) electrons. The number of para-hydroxylation sites is 2. The Morgan fingerprint density at radius 1 is 0.500 bits per heavy atom. The van der Waals surface area contributed by atoms with Gasteiger partial charge in [0.05, 0.1) is 11.4 Å². The Morgan fingerprint density at radius 3 is 1.06 bits per heavy atom. The minimum atomic E-state index is 1.05. The lowest BCUT2D eigenvalue weighted by Crippen LogP contribution is -2.07. The van der Waals surface area contributed by atoms with Crippen molar-refractivity contribution in [2.45, 2.75) is 27.7 Å². The molecule has 0 spiro atoms. The van der Waals surface area contributed by atoms with E-state index in [9.17, 15) is 0 Å². The fraction of sp³-hybridized carbons (Fsp3) is 0.250. The van der Waals surface area contributed by atoms with E-state index in [0.717, 1.165) is 11.4 Å². The SMILES string of the molecule is CC.CC.c1ccc(NNc2ccccc2)cc1. The highest BCUT2D eigenvalue weighted by Crippen LogP contribution is 2.08. The van der Waals surface area contributed by atoms with Crippen LogP contribution in [0.1, 0.15) is 27.7 Å². The van der Waals surface area contributed by atoms with Crippen LogP contribution in [-0.4, -0.2) is 0 Å². The van der Waals surface area contributed by atoms with Crippen molar-refractivity contribution < 1.29 is 0 Å². The molecule has 0 fully saturated rings. The lowest BCUT2D eigenvalue weighted by Gasteiger charge is -2.08. The Morgan fingerprint density at radius 2 is 0.778 bits per heavy atom. The molecule has 0 unspecified atom stereocenters. The van der Waals surface area contributed by atoms with Crippen molar-refractivity contribution in [3.63, 3.8) is 0 Å². The monoisotopic (exact) mass is 244 g/mol. The van der Waals surface area contributed by atoms with E-state index < -0.39 is 0 Å². The van der Waals surface area contributed by atoms with E-state index in [1.165, 1.54) is 0 Å². The zero-order chi connectivity index (χ0) is 13.6. The van der Waals surface area contributed by atoms with Crippen molar-refractivity contribution >= 4 is 11.4 Å². The molecular weight excluding hydrogens is 220 g/mol. The van der Waals surface area contributed by atoms with Crippen LogP contribution in [0.2, 0.25) is 0 Å². The molecule has 0 aliphatic carbocycles. The molecule has 0 saturated carbocycles. The van der Waals surface area contributed by atoms with Gasteiger partial charge in [0.25, 0.3) is 0 Å². The fourth-order valence-corrected chi connectivity index (χ4v) is 1.19. The molecule has 0 aliphatic rings. The van der Waals surface area contributed by atoms with Crippen LogP contribution in [-0.2, 0) is 0 Å². The van der Waals surface area contributed by atoms with Crippen LogP contribution in [0.4, 0.5) is 11.4 Å². The van der Waals surface area contributed by atoms with Gasteiger partial charge in [-0.2, -0.15) is 0 Å². The molecule has 98 valence electrons. The molecule has 0 bridgehead atoms. The van der Waals surface area contributed by atoms with Gasteiger partial charge in [-0.15, -0.1) is 0 Å². The smallest absolute Gasteiger partial charge is 0.0539 e. The zero-order valence-electron chi connectivity index (χ0n) is 11.8. The molecule has 2 heteroatoms. The average molecular weight is 244 g/mol. The van der Waals surface area contributed by atoms with Gasteiger partial charge in [0.15, 0.2) is 0 Å². The van der Waals surface area contributed by atoms with Crippen molar-refractivity contribution in [3.8, 4) is 0 Å². The van der Waals surface area contributed by atoms with Crippen LogP contribution < -0.4 is 10.9 Å². The minimum Gasteiger partial charge on any atom is -0.301 e. The fourth-order valence-electron chi connectivity index (χ4n) is 1.19. The maximum Gasteiger partial charge on any atom is 0.0539 e. The predicted octanol–water partition coefficient (Wildman–Crippen LogP) is 5.18. The van der Waals surface area contributed by atoms with Crippen LogP contribution >= 0.6 is 0 Å². The van der Waals surface area contributed by atoms with E-state index in [-0.39, 0.29) is 0 Å². The molecule has 0 saturated heterocycles. The molecule has 0 amide bonds. The first kappa shape index (κ1) is 16.0. The molecule has 2 aromatic carbocycles. The third-order valence-corrected chi connectivity index (χ3v) is 1.90. The topological polar surface area (TPSA) is 24.1 Å². The summed E-state index contributed by atoms with van der Waals surface area (Å²) in [4.78, 5) is 0. The normalized spacial score (nSPS) is 8.00. The molecule has 18 heavy (non-hydrogen) atoms. The zero-order valence-corrected chi connectivity index (χ0v) is 11.8. The highest BCUT2D eigenvalue weighted by Gasteiger charge is 1.88. The summed E-state index contributed by atoms with van der Waals surface area (Å²) >= 11 is 0. The Bertz CT molecular complexity index is 331. The number of rotatable bonds is 3. The molecule has 0 heterocycles. The third kappa shape index (κ3) is 6.59. The van der Waals surface area contributed by atoms with Gasteiger partial charge in [-0.3, -0.25) is 0 Å². The van der Waals surface area contributed by atoms with Gasteiger partial charge < -0.3 is 10.9 Å². The lowest BCUT2D eigenvalue weighted by molar-refractivity contribution is 1.41. The van der Waals surface area contributed by atoms with E-state index in [0.29, 0.717) is 0 Å². The van der Waals surface area contributed by atoms with E-state index in [2.05, 4.69) is 10.9 Å². The van der Waals surface area contributed by atoms with Crippen LogP contribution in [0.5, 0.6) is 0 Å². The van der Waals surface area contributed by atoms with Gasteiger partial charge in [0, 0.05) is 0 Å². The molecule has 0 atom stereocenters. The van der Waals surface area contributed by atoms with Crippen LogP contribution in [0, 0.1) is 0 Å². The first-order valence-corrected chi connectivity index (χ1v) is 6.57. The Balaban J connectivity index is 0.000000659. The quantitative estimate of drug-likeness (QED) is 0.727. The van der Waals surface area contributed by atoms with Gasteiger partial charge in [-0.25, -0.2) is 0 Å². The van der Waals surface area contributed by atoms with Crippen LogP contribution in [0.15, 0.2) is 60.7 Å². The Kier molecular flexibility index (Phi) is 10.3. The summed E-state index contributed by atoms with van der Waals surface area (Å²) in [5, 5.41) is 0. The van der Waals surface area contributed by atoms with Gasteiger partial charge in [-0.05, 0) is 24.3 Å². The van der Waals surface area contributed by atoms with Crippen molar-refractivity contribution in [2.24, 2.45) is 0 Å². The summed E-state index contributed by atoms with van der Waals surface area (Å²) in [6.07, 6.45) is 0. The van der Waals surface area contributed by atoms with Gasteiger partial charge in [0.2, 0.25) is 0 Å². The molecule has 0 aliphatic heterocycles. The lowest BCUT2D eigenvalue weighted by atomic mass is 10.3. The average Bonchev–Trinajstić information content (AvgIpc) is 2.51.